The van der Waals surface area contributed by atoms with E-state index in [4.69, 9.17) is 4.99 Å². The minimum absolute atomic E-state index is 0.0153. The number of amides is 1. The van der Waals surface area contributed by atoms with Gasteiger partial charge in [-0.3, -0.25) is 4.79 Å². The van der Waals surface area contributed by atoms with Crippen molar-refractivity contribution in [2.24, 2.45) is 4.99 Å². The molecule has 3 aromatic rings. The zero-order chi connectivity index (χ0) is 18.5. The Balaban J connectivity index is 1.60. The summed E-state index contributed by atoms with van der Waals surface area (Å²) in [5, 5.41) is 3.91. The van der Waals surface area contributed by atoms with Gasteiger partial charge in [0.25, 0.3) is 5.91 Å². The fourth-order valence-electron chi connectivity index (χ4n) is 3.42. The molecule has 4 heteroatoms. The highest BCUT2D eigenvalue weighted by atomic mass is 32.1. The van der Waals surface area contributed by atoms with Crippen molar-refractivity contribution < 1.29 is 4.79 Å². The molecule has 0 fully saturated rings. The van der Waals surface area contributed by atoms with Gasteiger partial charge in [-0.25, -0.2) is 4.99 Å². The van der Waals surface area contributed by atoms with Crippen LogP contribution in [0.1, 0.15) is 44.8 Å². The van der Waals surface area contributed by atoms with E-state index in [0.717, 1.165) is 41.0 Å². The van der Waals surface area contributed by atoms with E-state index in [9.17, 15) is 4.79 Å². The second kappa shape index (κ2) is 8.31. The van der Waals surface area contributed by atoms with E-state index in [2.05, 4.69) is 5.32 Å². The molecular weight excluding hydrogens is 352 g/mol. The predicted molar refractivity (Wildman–Crippen MR) is 112 cm³/mol. The van der Waals surface area contributed by atoms with Crippen molar-refractivity contribution in [2.75, 3.05) is 0 Å². The summed E-state index contributed by atoms with van der Waals surface area (Å²) in [5.74, 6) is -0.0153. The van der Waals surface area contributed by atoms with Crippen LogP contribution < -0.4 is 5.32 Å². The number of aryl methyl sites for hydroxylation is 1. The molecule has 1 amide bonds. The topological polar surface area (TPSA) is 41.5 Å². The molecular formula is C23H22N2OS. The molecule has 0 saturated carbocycles. The number of thiophene rings is 1. The van der Waals surface area contributed by atoms with E-state index in [1.165, 1.54) is 16.9 Å². The van der Waals surface area contributed by atoms with E-state index < -0.39 is 0 Å². The van der Waals surface area contributed by atoms with E-state index in [1.807, 2.05) is 66.9 Å². The number of nitrogens with one attached hydrogen (secondary N) is 1. The van der Waals surface area contributed by atoms with Gasteiger partial charge in [0.15, 0.2) is 0 Å². The van der Waals surface area contributed by atoms with E-state index in [0.29, 0.717) is 6.54 Å². The van der Waals surface area contributed by atoms with Crippen LogP contribution in [0.15, 0.2) is 65.7 Å². The number of benzene rings is 2. The van der Waals surface area contributed by atoms with Gasteiger partial charge in [0, 0.05) is 17.6 Å². The molecule has 0 saturated heterocycles. The van der Waals surface area contributed by atoms with E-state index >= 15 is 0 Å². The van der Waals surface area contributed by atoms with Crippen LogP contribution in [0.25, 0.3) is 0 Å². The van der Waals surface area contributed by atoms with Gasteiger partial charge in [0.2, 0.25) is 0 Å². The maximum Gasteiger partial charge on any atom is 0.254 e. The Labute approximate surface area is 163 Å². The quantitative estimate of drug-likeness (QED) is 0.604. The Kier molecular flexibility index (Phi) is 5.45. The summed E-state index contributed by atoms with van der Waals surface area (Å²) in [4.78, 5) is 19.0. The third kappa shape index (κ3) is 4.17. The average Bonchev–Trinajstić information content (AvgIpc) is 3.10. The lowest BCUT2D eigenvalue weighted by Crippen LogP contribution is -2.24. The van der Waals surface area contributed by atoms with E-state index in [-0.39, 0.29) is 5.91 Å². The molecule has 136 valence electrons. The number of rotatable bonds is 5. The lowest BCUT2D eigenvalue weighted by Gasteiger charge is -2.12. The first-order valence-corrected chi connectivity index (χ1v) is 10.2. The van der Waals surface area contributed by atoms with Gasteiger partial charge in [-0.2, -0.15) is 0 Å². The monoisotopic (exact) mass is 374 g/mol. The van der Waals surface area contributed by atoms with Crippen LogP contribution >= 0.6 is 11.3 Å². The van der Waals surface area contributed by atoms with Crippen molar-refractivity contribution in [2.45, 2.75) is 32.2 Å². The highest BCUT2D eigenvalue weighted by molar-refractivity contribution is 7.16. The van der Waals surface area contributed by atoms with Crippen molar-refractivity contribution in [3.8, 4) is 0 Å². The van der Waals surface area contributed by atoms with Crippen LogP contribution in [-0.2, 0) is 19.4 Å². The predicted octanol–water partition coefficient (Wildman–Crippen LogP) is 5.31. The highest BCUT2D eigenvalue weighted by Crippen LogP contribution is 2.39. The van der Waals surface area contributed by atoms with Gasteiger partial charge < -0.3 is 5.32 Å². The van der Waals surface area contributed by atoms with Gasteiger partial charge in [0.1, 0.15) is 5.00 Å². The van der Waals surface area contributed by atoms with Crippen LogP contribution in [0, 0.1) is 0 Å². The summed E-state index contributed by atoms with van der Waals surface area (Å²) in [5.41, 5.74) is 4.12. The third-order valence-corrected chi connectivity index (χ3v) is 6.01. The standard InChI is InChI=1S/C23H22N2OS/c26-22(24-15-17-9-3-1-4-10-17)21-19-13-7-8-14-20(19)27-23(21)25-16-18-11-5-2-6-12-18/h1-6,9-12,16H,7-8,13-15H2,(H,24,26). The summed E-state index contributed by atoms with van der Waals surface area (Å²) >= 11 is 1.67. The number of nitrogens with zero attached hydrogens (tertiary/aromatic N) is 1. The van der Waals surface area contributed by atoms with Crippen molar-refractivity contribution in [3.63, 3.8) is 0 Å². The molecule has 1 aromatic heterocycles. The van der Waals surface area contributed by atoms with Crippen molar-refractivity contribution in [1.82, 2.24) is 5.32 Å². The molecule has 1 heterocycles. The smallest absolute Gasteiger partial charge is 0.254 e. The number of carbonyl (C=O) groups is 1. The Hall–Kier alpha value is -2.72. The van der Waals surface area contributed by atoms with Crippen molar-refractivity contribution in [1.29, 1.82) is 0 Å². The molecule has 27 heavy (non-hydrogen) atoms. The molecule has 0 bridgehead atoms. The Morgan fingerprint density at radius 2 is 1.70 bits per heavy atom. The summed E-state index contributed by atoms with van der Waals surface area (Å²) in [7, 11) is 0. The maximum absolute atomic E-state index is 13.0. The second-order valence-corrected chi connectivity index (χ2v) is 7.81. The number of hydrogen-bond acceptors (Lipinski definition) is 3. The molecule has 1 aliphatic rings. The molecule has 2 aromatic carbocycles. The number of hydrogen-bond donors (Lipinski definition) is 1. The summed E-state index contributed by atoms with van der Waals surface area (Å²) in [6, 6.07) is 20.0. The maximum atomic E-state index is 13.0. The molecule has 0 radical (unpaired) electrons. The first-order valence-electron chi connectivity index (χ1n) is 9.37. The molecule has 1 aliphatic carbocycles. The SMILES string of the molecule is O=C(NCc1ccccc1)c1c(N=Cc2ccccc2)sc2c1CCCC2. The fraction of sp³-hybridized carbons (Fsp3) is 0.217. The van der Waals surface area contributed by atoms with Gasteiger partial charge in [-0.05, 0) is 42.4 Å². The average molecular weight is 375 g/mol. The minimum atomic E-state index is -0.0153. The first-order chi connectivity index (χ1) is 13.3. The van der Waals surface area contributed by atoms with Crippen LogP contribution in [-0.4, -0.2) is 12.1 Å². The Bertz CT molecular complexity index is 945. The van der Waals surface area contributed by atoms with Crippen LogP contribution in [0.5, 0.6) is 0 Å². The van der Waals surface area contributed by atoms with Crippen LogP contribution in [0.4, 0.5) is 5.00 Å². The third-order valence-electron chi connectivity index (χ3n) is 4.81. The lowest BCUT2D eigenvalue weighted by atomic mass is 9.95. The van der Waals surface area contributed by atoms with Crippen molar-refractivity contribution >= 4 is 28.5 Å². The molecule has 1 N–H and O–H groups in total. The Morgan fingerprint density at radius 3 is 2.48 bits per heavy atom. The normalized spacial score (nSPS) is 13.5. The molecule has 0 atom stereocenters. The van der Waals surface area contributed by atoms with Gasteiger partial charge in [-0.15, -0.1) is 11.3 Å². The summed E-state index contributed by atoms with van der Waals surface area (Å²) < 4.78 is 0. The number of carbonyl (C=O) groups excluding carboxylic acids is 1. The van der Waals surface area contributed by atoms with Crippen molar-refractivity contribution in [3.05, 3.63) is 87.8 Å². The second-order valence-electron chi connectivity index (χ2n) is 6.73. The highest BCUT2D eigenvalue weighted by Gasteiger charge is 2.25. The zero-order valence-electron chi connectivity index (χ0n) is 15.2. The van der Waals surface area contributed by atoms with E-state index in [1.54, 1.807) is 11.3 Å². The molecule has 4 rings (SSSR count). The zero-order valence-corrected chi connectivity index (χ0v) is 16.0. The van der Waals surface area contributed by atoms with Crippen LogP contribution in [0.2, 0.25) is 0 Å². The molecule has 0 spiro atoms. The van der Waals surface area contributed by atoms with Gasteiger partial charge in [-0.1, -0.05) is 60.7 Å². The lowest BCUT2D eigenvalue weighted by molar-refractivity contribution is 0.0951. The first kappa shape index (κ1) is 17.7. The number of aliphatic imine (C=N–C) groups is 1. The minimum Gasteiger partial charge on any atom is -0.348 e. The molecule has 0 unspecified atom stereocenters. The largest absolute Gasteiger partial charge is 0.348 e. The molecule has 0 aliphatic heterocycles. The fourth-order valence-corrected chi connectivity index (χ4v) is 4.65. The Morgan fingerprint density at radius 1 is 1.00 bits per heavy atom. The summed E-state index contributed by atoms with van der Waals surface area (Å²) in [6.45, 7) is 0.534. The summed E-state index contributed by atoms with van der Waals surface area (Å²) in [6.07, 6.45) is 6.22. The van der Waals surface area contributed by atoms with Gasteiger partial charge in [0.05, 0.1) is 5.56 Å². The van der Waals surface area contributed by atoms with Gasteiger partial charge >= 0.3 is 0 Å². The number of fused-ring (bicyclic) bond motifs is 1. The van der Waals surface area contributed by atoms with Crippen LogP contribution in [0.3, 0.4) is 0 Å². The molecule has 3 nitrogen and oxygen atoms in total.